The molecule has 0 atom stereocenters. The molecule has 1 aromatic heterocycles. The Hall–Kier alpha value is -3.34. The molecule has 1 aliphatic heterocycles. The fourth-order valence-corrected chi connectivity index (χ4v) is 4.65. The number of fused-ring (bicyclic) bond motifs is 2. The van der Waals surface area contributed by atoms with Gasteiger partial charge in [-0.25, -0.2) is 0 Å². The van der Waals surface area contributed by atoms with Crippen LogP contribution in [0.2, 0.25) is 0 Å². The molecule has 1 aliphatic carbocycles. The lowest BCUT2D eigenvalue weighted by Crippen LogP contribution is -2.44. The zero-order valence-corrected chi connectivity index (χ0v) is 16.5. The third-order valence-corrected chi connectivity index (χ3v) is 6.43. The molecule has 5 heteroatoms. The van der Waals surface area contributed by atoms with Gasteiger partial charge in [-0.05, 0) is 41.7 Å². The van der Waals surface area contributed by atoms with Crippen molar-refractivity contribution >= 4 is 17.8 Å². The molecule has 0 saturated carbocycles. The average Bonchev–Trinajstić information content (AvgIpc) is 3.29. The van der Waals surface area contributed by atoms with E-state index in [1.165, 1.54) is 11.1 Å². The van der Waals surface area contributed by atoms with Crippen molar-refractivity contribution in [3.63, 3.8) is 0 Å². The second-order valence-electron chi connectivity index (χ2n) is 8.02. The number of aryl methyl sites for hydroxylation is 1. The molecule has 2 aliphatic rings. The summed E-state index contributed by atoms with van der Waals surface area (Å²) in [6.45, 7) is 1.52. The summed E-state index contributed by atoms with van der Waals surface area (Å²) in [6.07, 6.45) is 8.23. The van der Waals surface area contributed by atoms with E-state index in [1.807, 2.05) is 36.2 Å². The predicted octanol–water partition coefficient (Wildman–Crippen LogP) is 3.87. The number of carbonyl (C=O) groups is 1. The van der Waals surface area contributed by atoms with Crippen molar-refractivity contribution < 1.29 is 4.79 Å². The molecular formula is C24H24N4O. The summed E-state index contributed by atoms with van der Waals surface area (Å²) < 4.78 is 1.64. The van der Waals surface area contributed by atoms with Gasteiger partial charge < -0.3 is 10.6 Å². The van der Waals surface area contributed by atoms with Gasteiger partial charge in [-0.15, -0.1) is 0 Å². The van der Waals surface area contributed by atoms with Gasteiger partial charge in [0.2, 0.25) is 0 Å². The van der Waals surface area contributed by atoms with E-state index in [4.69, 9.17) is 5.73 Å². The molecule has 0 radical (unpaired) electrons. The van der Waals surface area contributed by atoms with Gasteiger partial charge in [0.15, 0.2) is 0 Å². The second kappa shape index (κ2) is 6.62. The van der Waals surface area contributed by atoms with Crippen LogP contribution in [0.1, 0.15) is 34.3 Å². The van der Waals surface area contributed by atoms with Gasteiger partial charge in [-0.2, -0.15) is 5.10 Å². The Morgan fingerprint density at radius 1 is 1.10 bits per heavy atom. The fraction of sp³-hybridized carbons (Fsp3) is 0.250. The lowest BCUT2D eigenvalue weighted by Gasteiger charge is -2.39. The number of amides is 1. The van der Waals surface area contributed by atoms with Crippen LogP contribution in [0.4, 0.5) is 5.82 Å². The van der Waals surface area contributed by atoms with Gasteiger partial charge in [-0.3, -0.25) is 9.48 Å². The molecule has 29 heavy (non-hydrogen) atoms. The van der Waals surface area contributed by atoms with Gasteiger partial charge in [0.05, 0.1) is 6.20 Å². The molecule has 1 fully saturated rings. The number of allylic oxidation sites excluding steroid dienone is 1. The second-order valence-corrected chi connectivity index (χ2v) is 8.02. The maximum Gasteiger partial charge on any atom is 0.253 e. The van der Waals surface area contributed by atoms with E-state index in [2.05, 4.69) is 41.5 Å². The van der Waals surface area contributed by atoms with Crippen LogP contribution in [-0.4, -0.2) is 33.7 Å². The fourth-order valence-electron chi connectivity index (χ4n) is 4.65. The van der Waals surface area contributed by atoms with E-state index in [-0.39, 0.29) is 11.3 Å². The number of nitrogens with two attached hydrogens (primary N) is 1. The number of aromatic nitrogens is 2. The Morgan fingerprint density at radius 2 is 1.90 bits per heavy atom. The Kier molecular flexibility index (Phi) is 4.05. The van der Waals surface area contributed by atoms with Gasteiger partial charge >= 0.3 is 0 Å². The van der Waals surface area contributed by atoms with Crippen LogP contribution in [0.5, 0.6) is 0 Å². The highest BCUT2D eigenvalue weighted by molar-refractivity contribution is 5.96. The molecule has 1 amide bonds. The third-order valence-electron chi connectivity index (χ3n) is 6.43. The maximum absolute atomic E-state index is 13.2. The number of nitrogen functional groups attached to an aromatic ring is 1. The number of hydrogen-bond donors (Lipinski definition) is 1. The molecule has 2 heterocycles. The van der Waals surface area contributed by atoms with Crippen LogP contribution in [0.25, 0.3) is 17.2 Å². The van der Waals surface area contributed by atoms with Crippen molar-refractivity contribution in [2.45, 2.75) is 18.3 Å². The van der Waals surface area contributed by atoms with E-state index in [0.29, 0.717) is 11.4 Å². The number of likely N-dealkylation sites (tertiary alicyclic amines) is 1. The van der Waals surface area contributed by atoms with E-state index >= 15 is 0 Å². The van der Waals surface area contributed by atoms with Crippen molar-refractivity contribution in [2.75, 3.05) is 18.8 Å². The highest BCUT2D eigenvalue weighted by Gasteiger charge is 2.38. The zero-order valence-electron chi connectivity index (χ0n) is 16.5. The van der Waals surface area contributed by atoms with E-state index < -0.39 is 0 Å². The standard InChI is InChI=1S/C24H24N4O/c1-27-22(25)20(16-26-27)18-6-4-7-19(15-18)23(29)28-13-11-24(12-14-28)10-9-17-5-2-3-8-21(17)24/h2-10,15-16H,11-14,25H2,1H3. The van der Waals surface area contributed by atoms with Gasteiger partial charge in [-0.1, -0.05) is 48.6 Å². The Morgan fingerprint density at radius 3 is 2.66 bits per heavy atom. The number of nitrogens with zero attached hydrogens (tertiary/aromatic N) is 3. The average molecular weight is 384 g/mol. The first-order valence-electron chi connectivity index (χ1n) is 10.0. The minimum atomic E-state index is 0.0827. The maximum atomic E-state index is 13.2. The molecule has 146 valence electrons. The number of anilines is 1. The zero-order chi connectivity index (χ0) is 20.0. The van der Waals surface area contributed by atoms with Crippen LogP contribution in [-0.2, 0) is 12.5 Å². The molecule has 2 N–H and O–H groups in total. The largest absolute Gasteiger partial charge is 0.383 e. The Bertz CT molecular complexity index is 1120. The molecule has 2 aromatic carbocycles. The number of benzene rings is 2. The summed E-state index contributed by atoms with van der Waals surface area (Å²) in [5.74, 6) is 0.681. The molecule has 0 bridgehead atoms. The normalized spacial score (nSPS) is 16.9. The summed E-state index contributed by atoms with van der Waals surface area (Å²) >= 11 is 0. The predicted molar refractivity (Wildman–Crippen MR) is 115 cm³/mol. The number of piperidine rings is 1. The van der Waals surface area contributed by atoms with Crippen LogP contribution in [0, 0.1) is 0 Å². The highest BCUT2D eigenvalue weighted by Crippen LogP contribution is 2.43. The van der Waals surface area contributed by atoms with Crippen LogP contribution >= 0.6 is 0 Å². The van der Waals surface area contributed by atoms with Gasteiger partial charge in [0.1, 0.15) is 5.82 Å². The first kappa shape index (κ1) is 17.7. The highest BCUT2D eigenvalue weighted by atomic mass is 16.2. The van der Waals surface area contributed by atoms with Crippen LogP contribution in [0.15, 0.2) is 60.8 Å². The van der Waals surface area contributed by atoms with Crippen LogP contribution < -0.4 is 5.73 Å². The minimum Gasteiger partial charge on any atom is -0.383 e. The SMILES string of the molecule is Cn1ncc(-c2cccc(C(=O)N3CCC4(C=Cc5ccccc54)CC3)c2)c1N. The monoisotopic (exact) mass is 384 g/mol. The number of hydrogen-bond acceptors (Lipinski definition) is 3. The van der Waals surface area contributed by atoms with E-state index in [9.17, 15) is 4.79 Å². The topological polar surface area (TPSA) is 64.2 Å². The van der Waals surface area contributed by atoms with Crippen molar-refractivity contribution in [3.05, 3.63) is 77.5 Å². The molecular weight excluding hydrogens is 360 g/mol. The van der Waals surface area contributed by atoms with Crippen molar-refractivity contribution in [2.24, 2.45) is 7.05 Å². The smallest absolute Gasteiger partial charge is 0.253 e. The number of carbonyl (C=O) groups excluding carboxylic acids is 1. The van der Waals surface area contributed by atoms with Crippen molar-refractivity contribution in [1.29, 1.82) is 0 Å². The Labute approximate surface area is 170 Å². The summed E-state index contributed by atoms with van der Waals surface area (Å²) in [5.41, 5.74) is 11.4. The summed E-state index contributed by atoms with van der Waals surface area (Å²) in [5, 5.41) is 4.21. The first-order valence-corrected chi connectivity index (χ1v) is 10.0. The van der Waals surface area contributed by atoms with Crippen molar-refractivity contribution in [1.82, 2.24) is 14.7 Å². The minimum absolute atomic E-state index is 0.0827. The van der Waals surface area contributed by atoms with E-state index in [0.717, 1.165) is 37.1 Å². The summed E-state index contributed by atoms with van der Waals surface area (Å²) in [6, 6.07) is 16.3. The molecule has 5 rings (SSSR count). The first-order chi connectivity index (χ1) is 14.1. The van der Waals surface area contributed by atoms with Gasteiger partial charge in [0.25, 0.3) is 5.91 Å². The summed E-state index contributed by atoms with van der Waals surface area (Å²) in [7, 11) is 1.81. The number of rotatable bonds is 2. The molecule has 5 nitrogen and oxygen atoms in total. The quantitative estimate of drug-likeness (QED) is 0.729. The van der Waals surface area contributed by atoms with Crippen LogP contribution in [0.3, 0.4) is 0 Å². The Balaban J connectivity index is 1.35. The molecule has 3 aromatic rings. The lowest BCUT2D eigenvalue weighted by molar-refractivity contribution is 0.0690. The molecule has 1 spiro atoms. The lowest BCUT2D eigenvalue weighted by atomic mass is 9.74. The third kappa shape index (κ3) is 2.85. The molecule has 1 saturated heterocycles. The summed E-state index contributed by atoms with van der Waals surface area (Å²) in [4.78, 5) is 15.2. The molecule has 0 unspecified atom stereocenters. The van der Waals surface area contributed by atoms with Crippen molar-refractivity contribution in [3.8, 4) is 11.1 Å². The van der Waals surface area contributed by atoms with E-state index in [1.54, 1.807) is 10.9 Å². The van der Waals surface area contributed by atoms with Gasteiger partial charge in [0, 0.05) is 36.7 Å².